The molecule has 1 aliphatic rings. The normalized spacial score (nSPS) is 15.7. The largest absolute Gasteiger partial charge is 0.497 e. The molecule has 1 heterocycles. The zero-order chi connectivity index (χ0) is 16.4. The molecule has 120 valence electrons. The van der Waals surface area contributed by atoms with Crippen molar-refractivity contribution in [3.63, 3.8) is 0 Å². The number of hydrogen-bond acceptors (Lipinski definition) is 3. The van der Waals surface area contributed by atoms with E-state index in [9.17, 15) is 4.79 Å². The second kappa shape index (κ2) is 6.50. The summed E-state index contributed by atoms with van der Waals surface area (Å²) < 4.78 is 10.9. The second-order valence-corrected chi connectivity index (χ2v) is 6.04. The van der Waals surface area contributed by atoms with Gasteiger partial charge < -0.3 is 14.8 Å². The first-order valence-corrected chi connectivity index (χ1v) is 7.85. The van der Waals surface area contributed by atoms with E-state index in [-0.39, 0.29) is 12.0 Å². The molecule has 0 saturated heterocycles. The number of benzene rings is 2. The van der Waals surface area contributed by atoms with Gasteiger partial charge in [0.2, 0.25) is 0 Å². The smallest absolute Gasteiger partial charge is 0.255 e. The molecular weight excluding hydrogens is 314 g/mol. The predicted octanol–water partition coefficient (Wildman–Crippen LogP) is 3.60. The lowest BCUT2D eigenvalue weighted by atomic mass is 10.1. The van der Waals surface area contributed by atoms with Crippen LogP contribution in [0.5, 0.6) is 11.5 Å². The van der Waals surface area contributed by atoms with Gasteiger partial charge in [0.25, 0.3) is 5.91 Å². The molecular formula is C18H18ClNO3. The Morgan fingerprint density at radius 2 is 2.09 bits per heavy atom. The number of carbonyl (C=O) groups excluding carboxylic acids is 1. The first-order chi connectivity index (χ1) is 11.1. The maximum absolute atomic E-state index is 12.5. The molecule has 2 aromatic carbocycles. The van der Waals surface area contributed by atoms with Crippen molar-refractivity contribution in [1.82, 2.24) is 5.32 Å². The maximum Gasteiger partial charge on any atom is 0.255 e. The van der Waals surface area contributed by atoms with E-state index in [1.807, 2.05) is 37.3 Å². The summed E-state index contributed by atoms with van der Waals surface area (Å²) in [5.74, 6) is 1.25. The van der Waals surface area contributed by atoms with Crippen molar-refractivity contribution in [2.24, 2.45) is 0 Å². The molecule has 1 aliphatic heterocycles. The zero-order valence-corrected chi connectivity index (χ0v) is 13.8. The summed E-state index contributed by atoms with van der Waals surface area (Å²) in [6, 6.07) is 11.1. The molecule has 0 bridgehead atoms. The Bertz CT molecular complexity index is 728. The number of carbonyl (C=O) groups is 1. The van der Waals surface area contributed by atoms with E-state index in [0.29, 0.717) is 22.9 Å². The number of nitrogens with one attached hydrogen (secondary N) is 1. The molecule has 2 aromatic rings. The number of ether oxygens (including phenoxy) is 2. The van der Waals surface area contributed by atoms with Crippen molar-refractivity contribution in [2.75, 3.05) is 7.11 Å². The number of hydrogen-bond donors (Lipinski definition) is 1. The van der Waals surface area contributed by atoms with Gasteiger partial charge >= 0.3 is 0 Å². The Hall–Kier alpha value is -2.20. The molecule has 0 aliphatic carbocycles. The molecule has 0 aromatic heterocycles. The molecule has 0 unspecified atom stereocenters. The van der Waals surface area contributed by atoms with E-state index in [0.717, 1.165) is 23.3 Å². The fourth-order valence-electron chi connectivity index (χ4n) is 2.68. The minimum absolute atomic E-state index is 0.0663. The Balaban J connectivity index is 1.73. The van der Waals surface area contributed by atoms with Crippen LogP contribution in [0.25, 0.3) is 0 Å². The zero-order valence-electron chi connectivity index (χ0n) is 13.1. The van der Waals surface area contributed by atoms with Crippen LogP contribution in [-0.4, -0.2) is 19.1 Å². The van der Waals surface area contributed by atoms with Crippen LogP contribution in [0.2, 0.25) is 5.02 Å². The lowest BCUT2D eigenvalue weighted by Crippen LogP contribution is -2.23. The summed E-state index contributed by atoms with van der Waals surface area (Å²) in [6.45, 7) is 2.41. The van der Waals surface area contributed by atoms with Gasteiger partial charge in [0.15, 0.2) is 0 Å². The van der Waals surface area contributed by atoms with Gasteiger partial charge in [-0.1, -0.05) is 23.7 Å². The number of rotatable bonds is 4. The molecule has 5 heteroatoms. The monoisotopic (exact) mass is 331 g/mol. The lowest BCUT2D eigenvalue weighted by molar-refractivity contribution is 0.0946. The number of halogens is 1. The highest BCUT2D eigenvalue weighted by molar-refractivity contribution is 6.31. The molecule has 0 fully saturated rings. The van der Waals surface area contributed by atoms with Gasteiger partial charge in [-0.3, -0.25) is 4.79 Å². The first-order valence-electron chi connectivity index (χ1n) is 7.47. The van der Waals surface area contributed by atoms with Gasteiger partial charge in [-0.2, -0.15) is 0 Å². The summed E-state index contributed by atoms with van der Waals surface area (Å²) in [4.78, 5) is 12.5. The highest BCUT2D eigenvalue weighted by Crippen LogP contribution is 2.35. The average Bonchev–Trinajstić information content (AvgIpc) is 2.92. The fraction of sp³-hybridized carbons (Fsp3) is 0.278. The van der Waals surface area contributed by atoms with Gasteiger partial charge in [-0.25, -0.2) is 0 Å². The van der Waals surface area contributed by atoms with Crippen molar-refractivity contribution in [1.29, 1.82) is 0 Å². The van der Waals surface area contributed by atoms with Gasteiger partial charge in [0, 0.05) is 23.6 Å². The van der Waals surface area contributed by atoms with Crippen LogP contribution in [0, 0.1) is 0 Å². The quantitative estimate of drug-likeness (QED) is 0.931. The van der Waals surface area contributed by atoms with E-state index in [4.69, 9.17) is 21.1 Å². The van der Waals surface area contributed by atoms with Crippen molar-refractivity contribution in [2.45, 2.75) is 26.0 Å². The van der Waals surface area contributed by atoms with E-state index < -0.39 is 0 Å². The van der Waals surface area contributed by atoms with Crippen LogP contribution in [0.1, 0.15) is 28.4 Å². The summed E-state index contributed by atoms with van der Waals surface area (Å²) in [6.07, 6.45) is 0.839. The molecule has 3 rings (SSSR count). The van der Waals surface area contributed by atoms with Gasteiger partial charge in [-0.15, -0.1) is 0 Å². The van der Waals surface area contributed by atoms with Crippen molar-refractivity contribution in [3.05, 3.63) is 58.1 Å². The third-order valence-corrected chi connectivity index (χ3v) is 4.03. The fourth-order valence-corrected chi connectivity index (χ4v) is 2.92. The Kier molecular flexibility index (Phi) is 4.44. The molecule has 23 heavy (non-hydrogen) atoms. The minimum Gasteiger partial charge on any atom is -0.497 e. The van der Waals surface area contributed by atoms with E-state index in [1.165, 1.54) is 0 Å². The van der Waals surface area contributed by atoms with Crippen molar-refractivity contribution in [3.8, 4) is 11.5 Å². The van der Waals surface area contributed by atoms with Crippen molar-refractivity contribution < 1.29 is 14.3 Å². The van der Waals surface area contributed by atoms with Crippen molar-refractivity contribution >= 4 is 17.5 Å². The summed E-state index contributed by atoms with van der Waals surface area (Å²) in [7, 11) is 1.62. The Labute approximate surface area is 140 Å². The SMILES string of the molecule is COc1ccc(CNC(=O)c2cc(Cl)cc3c2O[C@@H](C)C3)cc1. The third-order valence-electron chi connectivity index (χ3n) is 3.81. The highest BCUT2D eigenvalue weighted by Gasteiger charge is 2.25. The molecule has 0 saturated carbocycles. The average molecular weight is 332 g/mol. The van der Waals surface area contributed by atoms with Gasteiger partial charge in [-0.05, 0) is 36.8 Å². The lowest BCUT2D eigenvalue weighted by Gasteiger charge is -2.11. The second-order valence-electron chi connectivity index (χ2n) is 5.60. The van der Waals surface area contributed by atoms with Gasteiger partial charge in [0.05, 0.1) is 12.7 Å². The van der Waals surface area contributed by atoms with Crippen LogP contribution in [0.15, 0.2) is 36.4 Å². The summed E-state index contributed by atoms with van der Waals surface area (Å²) in [5.41, 5.74) is 2.47. The van der Waals surface area contributed by atoms with Crippen LogP contribution in [0.4, 0.5) is 0 Å². The molecule has 0 spiro atoms. The van der Waals surface area contributed by atoms with E-state index in [2.05, 4.69) is 5.32 Å². The number of methoxy groups -OCH3 is 1. The topological polar surface area (TPSA) is 47.6 Å². The van der Waals surface area contributed by atoms with Gasteiger partial charge in [0.1, 0.15) is 17.6 Å². The summed E-state index contributed by atoms with van der Waals surface area (Å²) in [5, 5.41) is 3.46. The predicted molar refractivity (Wildman–Crippen MR) is 89.4 cm³/mol. The van der Waals surface area contributed by atoms with Crippen LogP contribution in [-0.2, 0) is 13.0 Å². The Morgan fingerprint density at radius 3 is 2.78 bits per heavy atom. The molecule has 1 atom stereocenters. The molecule has 0 radical (unpaired) electrons. The minimum atomic E-state index is -0.186. The molecule has 1 N–H and O–H groups in total. The van der Waals surface area contributed by atoms with E-state index >= 15 is 0 Å². The Morgan fingerprint density at radius 1 is 1.35 bits per heavy atom. The highest BCUT2D eigenvalue weighted by atomic mass is 35.5. The van der Waals surface area contributed by atoms with Crippen LogP contribution >= 0.6 is 11.6 Å². The molecule has 4 nitrogen and oxygen atoms in total. The van der Waals surface area contributed by atoms with E-state index in [1.54, 1.807) is 13.2 Å². The number of fused-ring (bicyclic) bond motifs is 1. The molecule has 1 amide bonds. The summed E-state index contributed by atoms with van der Waals surface area (Å²) >= 11 is 6.12. The number of amides is 1. The first kappa shape index (κ1) is 15.7. The standard InChI is InChI=1S/C18H18ClNO3/c1-11-7-13-8-14(19)9-16(17(13)23-11)18(21)20-10-12-3-5-15(22-2)6-4-12/h3-6,8-9,11H,7,10H2,1-2H3,(H,20,21)/t11-/m0/s1. The van der Waals surface area contributed by atoms with Crippen LogP contribution < -0.4 is 14.8 Å². The van der Waals surface area contributed by atoms with Crippen LogP contribution in [0.3, 0.4) is 0 Å². The third kappa shape index (κ3) is 3.42. The maximum atomic E-state index is 12.5.